The monoisotopic (exact) mass is 314 g/mol. The summed E-state index contributed by atoms with van der Waals surface area (Å²) in [6.45, 7) is 4.55. The van der Waals surface area contributed by atoms with Gasteiger partial charge in [0.2, 0.25) is 10.0 Å². The molecule has 1 aliphatic heterocycles. The van der Waals surface area contributed by atoms with Crippen LogP contribution < -0.4 is 5.14 Å². The Morgan fingerprint density at radius 2 is 2.10 bits per heavy atom. The maximum atomic E-state index is 13.4. The Morgan fingerprint density at radius 3 is 2.67 bits per heavy atom. The van der Waals surface area contributed by atoms with Crippen LogP contribution in [-0.2, 0) is 10.0 Å². The van der Waals surface area contributed by atoms with Gasteiger partial charge in [-0.2, -0.15) is 0 Å². The lowest BCUT2D eigenvalue weighted by Crippen LogP contribution is -2.39. The smallest absolute Gasteiger partial charge is 0.255 e. The van der Waals surface area contributed by atoms with E-state index in [1.54, 1.807) is 4.90 Å². The Morgan fingerprint density at radius 1 is 1.43 bits per heavy atom. The van der Waals surface area contributed by atoms with Gasteiger partial charge in [-0.15, -0.1) is 0 Å². The first-order valence-electron chi connectivity index (χ1n) is 6.85. The van der Waals surface area contributed by atoms with Gasteiger partial charge in [0.05, 0.1) is 10.5 Å². The highest BCUT2D eigenvalue weighted by molar-refractivity contribution is 7.89. The van der Waals surface area contributed by atoms with Crippen LogP contribution in [0.3, 0.4) is 0 Å². The molecular formula is C14H19FN2O3S. The minimum absolute atomic E-state index is 0.0362. The minimum atomic E-state index is -4.08. The van der Waals surface area contributed by atoms with E-state index in [0.29, 0.717) is 6.54 Å². The molecule has 2 rings (SSSR count). The molecular weight excluding hydrogens is 295 g/mol. The van der Waals surface area contributed by atoms with Crippen LogP contribution in [0.1, 0.15) is 37.0 Å². The normalized spacial score (nSPS) is 19.3. The van der Waals surface area contributed by atoms with Gasteiger partial charge < -0.3 is 4.90 Å². The molecule has 1 heterocycles. The molecule has 1 saturated heterocycles. The van der Waals surface area contributed by atoms with Gasteiger partial charge in [0.15, 0.2) is 0 Å². The van der Waals surface area contributed by atoms with Crippen molar-refractivity contribution in [1.82, 2.24) is 4.90 Å². The number of halogens is 1. The van der Waals surface area contributed by atoms with Crippen molar-refractivity contribution in [3.8, 4) is 0 Å². The zero-order valence-corrected chi connectivity index (χ0v) is 12.9. The minimum Gasteiger partial charge on any atom is -0.335 e. The molecule has 1 aromatic carbocycles. The zero-order valence-electron chi connectivity index (χ0n) is 12.0. The molecule has 2 N–H and O–H groups in total. The van der Waals surface area contributed by atoms with Crippen LogP contribution in [0.4, 0.5) is 4.39 Å². The lowest BCUT2D eigenvalue weighted by molar-refractivity contribution is 0.0697. The summed E-state index contributed by atoms with van der Waals surface area (Å²) in [5.41, 5.74) is -0.190. The number of nitrogens with two attached hydrogens (primary N) is 1. The average Bonchev–Trinajstić information content (AvgIpc) is 2.85. The quantitative estimate of drug-likeness (QED) is 0.922. The van der Waals surface area contributed by atoms with Crippen LogP contribution in [0.2, 0.25) is 0 Å². The van der Waals surface area contributed by atoms with E-state index in [2.05, 4.69) is 0 Å². The number of likely N-dealkylation sites (tertiary alicyclic amines) is 1. The highest BCUT2D eigenvalue weighted by Crippen LogP contribution is 2.27. The molecule has 1 amide bonds. The molecule has 0 bridgehead atoms. The van der Waals surface area contributed by atoms with Crippen molar-refractivity contribution in [1.29, 1.82) is 0 Å². The zero-order chi connectivity index (χ0) is 15.8. The SMILES string of the molecule is CC(C)C1CCCN1C(=O)c1cc(F)ccc1S(N)(=O)=O. The Balaban J connectivity index is 2.46. The number of carbonyl (C=O) groups is 1. The number of nitrogens with zero attached hydrogens (tertiary/aromatic N) is 1. The summed E-state index contributed by atoms with van der Waals surface area (Å²) in [7, 11) is -4.08. The predicted molar refractivity (Wildman–Crippen MR) is 76.7 cm³/mol. The van der Waals surface area contributed by atoms with Crippen LogP contribution >= 0.6 is 0 Å². The summed E-state index contributed by atoms with van der Waals surface area (Å²) < 4.78 is 36.6. The molecule has 1 aliphatic rings. The number of rotatable bonds is 3. The first kappa shape index (κ1) is 15.9. The van der Waals surface area contributed by atoms with Crippen LogP contribution in [0.25, 0.3) is 0 Å². The van der Waals surface area contributed by atoms with Crippen molar-refractivity contribution in [3.05, 3.63) is 29.6 Å². The molecule has 116 valence electrons. The number of amides is 1. The lowest BCUT2D eigenvalue weighted by atomic mass is 10.0. The highest BCUT2D eigenvalue weighted by Gasteiger charge is 2.33. The number of sulfonamides is 1. The van der Waals surface area contributed by atoms with E-state index in [1.165, 1.54) is 0 Å². The van der Waals surface area contributed by atoms with E-state index < -0.39 is 21.7 Å². The molecule has 1 fully saturated rings. The van der Waals surface area contributed by atoms with Gasteiger partial charge in [-0.05, 0) is 37.0 Å². The van der Waals surface area contributed by atoms with Crippen molar-refractivity contribution < 1.29 is 17.6 Å². The third kappa shape index (κ3) is 3.24. The third-order valence-electron chi connectivity index (χ3n) is 3.81. The second-order valence-electron chi connectivity index (χ2n) is 5.64. The van der Waals surface area contributed by atoms with Gasteiger partial charge in [-0.3, -0.25) is 4.79 Å². The number of hydrogen-bond donors (Lipinski definition) is 1. The molecule has 0 spiro atoms. The van der Waals surface area contributed by atoms with E-state index in [9.17, 15) is 17.6 Å². The summed E-state index contributed by atoms with van der Waals surface area (Å²) in [6.07, 6.45) is 1.72. The second kappa shape index (κ2) is 5.73. The van der Waals surface area contributed by atoms with Gasteiger partial charge in [-0.1, -0.05) is 13.8 Å². The molecule has 0 aliphatic carbocycles. The summed E-state index contributed by atoms with van der Waals surface area (Å²) >= 11 is 0. The van der Waals surface area contributed by atoms with E-state index >= 15 is 0 Å². The van der Waals surface area contributed by atoms with Crippen molar-refractivity contribution in [2.45, 2.75) is 37.6 Å². The second-order valence-corrected chi connectivity index (χ2v) is 7.17. The Kier molecular flexibility index (Phi) is 4.34. The third-order valence-corrected chi connectivity index (χ3v) is 4.78. The Labute approximate surface area is 124 Å². The molecule has 1 aromatic rings. The Bertz CT molecular complexity index is 658. The molecule has 5 nitrogen and oxygen atoms in total. The van der Waals surface area contributed by atoms with Gasteiger partial charge in [0.25, 0.3) is 5.91 Å². The summed E-state index contributed by atoms with van der Waals surface area (Å²) in [5.74, 6) is -0.885. The van der Waals surface area contributed by atoms with Crippen molar-refractivity contribution in [2.24, 2.45) is 11.1 Å². The topological polar surface area (TPSA) is 80.5 Å². The van der Waals surface area contributed by atoms with Crippen LogP contribution in [0.5, 0.6) is 0 Å². The van der Waals surface area contributed by atoms with Crippen LogP contribution in [0, 0.1) is 11.7 Å². The predicted octanol–water partition coefficient (Wildman–Crippen LogP) is 1.73. The van der Waals surface area contributed by atoms with E-state index in [-0.39, 0.29) is 22.4 Å². The van der Waals surface area contributed by atoms with Crippen molar-refractivity contribution in [3.63, 3.8) is 0 Å². The van der Waals surface area contributed by atoms with Crippen LogP contribution in [0.15, 0.2) is 23.1 Å². The summed E-state index contributed by atoms with van der Waals surface area (Å²) in [5, 5.41) is 5.12. The maximum absolute atomic E-state index is 13.4. The number of benzene rings is 1. The largest absolute Gasteiger partial charge is 0.335 e. The van der Waals surface area contributed by atoms with E-state index in [1.807, 2.05) is 13.8 Å². The number of primary sulfonamides is 1. The number of hydrogen-bond acceptors (Lipinski definition) is 3. The average molecular weight is 314 g/mol. The fourth-order valence-corrected chi connectivity index (χ4v) is 3.52. The standard InChI is InChI=1S/C14H19FN2O3S/c1-9(2)12-4-3-7-17(12)14(18)11-8-10(15)5-6-13(11)21(16,19)20/h5-6,8-9,12H,3-4,7H2,1-2H3,(H2,16,19,20). The fraction of sp³-hybridized carbons (Fsp3) is 0.500. The van der Waals surface area contributed by atoms with E-state index in [0.717, 1.165) is 31.0 Å². The van der Waals surface area contributed by atoms with Crippen molar-refractivity contribution in [2.75, 3.05) is 6.54 Å². The molecule has 7 heteroatoms. The molecule has 1 atom stereocenters. The summed E-state index contributed by atoms with van der Waals surface area (Å²) in [6, 6.07) is 3.01. The lowest BCUT2D eigenvalue weighted by Gasteiger charge is -2.28. The first-order chi connectivity index (χ1) is 9.71. The summed E-state index contributed by atoms with van der Waals surface area (Å²) in [4.78, 5) is 13.9. The molecule has 0 saturated carbocycles. The first-order valence-corrected chi connectivity index (χ1v) is 8.39. The number of carbonyl (C=O) groups excluding carboxylic acids is 1. The fourth-order valence-electron chi connectivity index (χ4n) is 2.81. The molecule has 1 unspecified atom stereocenters. The highest BCUT2D eigenvalue weighted by atomic mass is 32.2. The van der Waals surface area contributed by atoms with E-state index in [4.69, 9.17) is 5.14 Å². The Hall–Kier alpha value is -1.47. The van der Waals surface area contributed by atoms with Gasteiger partial charge >= 0.3 is 0 Å². The van der Waals surface area contributed by atoms with Crippen molar-refractivity contribution >= 4 is 15.9 Å². The maximum Gasteiger partial charge on any atom is 0.255 e. The van der Waals surface area contributed by atoms with Gasteiger partial charge in [-0.25, -0.2) is 17.9 Å². The molecule has 0 radical (unpaired) electrons. The van der Waals surface area contributed by atoms with Gasteiger partial charge in [0.1, 0.15) is 5.82 Å². The van der Waals surface area contributed by atoms with Crippen LogP contribution in [-0.4, -0.2) is 31.8 Å². The van der Waals surface area contributed by atoms with Gasteiger partial charge in [0, 0.05) is 12.6 Å². The molecule has 21 heavy (non-hydrogen) atoms. The molecule has 0 aromatic heterocycles.